The Morgan fingerprint density at radius 2 is 0.857 bits per heavy atom. The molecular formula is C9H15N3O9. The standard InChI is InChI=1S/C9H15N3O9/c1-4(13)19-10-7(16)11(20-5(2)14)9(18)12(8(10)17)21-6(3)15/h4-6,13-15H,1-3H3. The van der Waals surface area contributed by atoms with Crippen molar-refractivity contribution in [3.8, 4) is 0 Å². The zero-order valence-electron chi connectivity index (χ0n) is 11.4. The topological polar surface area (TPSA) is 154 Å². The number of aliphatic hydroxyl groups excluding tert-OH is 3. The maximum absolute atomic E-state index is 11.8. The van der Waals surface area contributed by atoms with Crippen LogP contribution < -0.4 is 31.6 Å². The lowest BCUT2D eigenvalue weighted by atomic mass is 10.8. The van der Waals surface area contributed by atoms with Crippen molar-refractivity contribution < 1.29 is 29.8 Å². The molecule has 12 heteroatoms. The molecular weight excluding hydrogens is 294 g/mol. The first-order valence-corrected chi connectivity index (χ1v) is 5.72. The summed E-state index contributed by atoms with van der Waals surface area (Å²) in [5, 5.41) is 27.2. The van der Waals surface area contributed by atoms with Crippen LogP contribution in [0.25, 0.3) is 0 Å². The fourth-order valence-electron chi connectivity index (χ4n) is 1.22. The highest BCUT2D eigenvalue weighted by atomic mass is 16.8. The van der Waals surface area contributed by atoms with Crippen LogP contribution in [0.1, 0.15) is 20.8 Å². The van der Waals surface area contributed by atoms with Gasteiger partial charge >= 0.3 is 17.1 Å². The van der Waals surface area contributed by atoms with Crippen molar-refractivity contribution >= 4 is 0 Å². The molecule has 0 amide bonds. The fraction of sp³-hybridized carbons (Fsp3) is 0.667. The van der Waals surface area contributed by atoms with Gasteiger partial charge in [-0.05, 0) is 0 Å². The summed E-state index contributed by atoms with van der Waals surface area (Å²) in [6, 6.07) is 0. The van der Waals surface area contributed by atoms with Crippen LogP contribution in [-0.4, -0.2) is 48.4 Å². The molecule has 0 aromatic carbocycles. The van der Waals surface area contributed by atoms with Gasteiger partial charge in [0.1, 0.15) is 0 Å². The van der Waals surface area contributed by atoms with Gasteiger partial charge < -0.3 is 29.8 Å². The number of nitrogens with zero attached hydrogens (tertiary/aromatic N) is 3. The second-order valence-electron chi connectivity index (χ2n) is 3.85. The first kappa shape index (κ1) is 16.7. The van der Waals surface area contributed by atoms with E-state index in [2.05, 4.69) is 14.5 Å². The molecule has 0 saturated carbocycles. The summed E-state index contributed by atoms with van der Waals surface area (Å²) < 4.78 is -0.0928. The molecule has 3 N–H and O–H groups in total. The predicted molar refractivity (Wildman–Crippen MR) is 64.0 cm³/mol. The Bertz CT molecular complexity index is 533. The number of aliphatic hydroxyl groups is 3. The summed E-state index contributed by atoms with van der Waals surface area (Å²) in [5.74, 6) is 0. The van der Waals surface area contributed by atoms with Gasteiger partial charge in [-0.25, -0.2) is 14.4 Å². The molecule has 12 nitrogen and oxygen atoms in total. The minimum absolute atomic E-state index is 0.0309. The van der Waals surface area contributed by atoms with Gasteiger partial charge in [-0.15, -0.1) is 0 Å². The monoisotopic (exact) mass is 309 g/mol. The Balaban J connectivity index is 3.62. The van der Waals surface area contributed by atoms with Crippen LogP contribution in [0.2, 0.25) is 0 Å². The smallest absolute Gasteiger partial charge is 0.373 e. The quantitative estimate of drug-likeness (QED) is 0.441. The van der Waals surface area contributed by atoms with E-state index in [0.717, 1.165) is 20.8 Å². The Kier molecular flexibility index (Phi) is 5.12. The maximum atomic E-state index is 11.8. The normalized spacial score (nSPS) is 15.1. The van der Waals surface area contributed by atoms with Crippen molar-refractivity contribution in [1.29, 1.82) is 0 Å². The first-order chi connectivity index (χ1) is 9.65. The van der Waals surface area contributed by atoms with E-state index in [9.17, 15) is 14.4 Å². The Labute approximate surface area is 116 Å². The molecule has 0 fully saturated rings. The number of hydrogen-bond donors (Lipinski definition) is 3. The summed E-state index contributed by atoms with van der Waals surface area (Å²) in [4.78, 5) is 49.1. The van der Waals surface area contributed by atoms with Crippen molar-refractivity contribution in [2.24, 2.45) is 0 Å². The van der Waals surface area contributed by atoms with Crippen LogP contribution in [0.5, 0.6) is 0 Å². The number of aromatic nitrogens is 3. The Morgan fingerprint density at radius 3 is 1.00 bits per heavy atom. The summed E-state index contributed by atoms with van der Waals surface area (Å²) >= 11 is 0. The van der Waals surface area contributed by atoms with Crippen molar-refractivity contribution in [3.05, 3.63) is 31.5 Å². The second-order valence-corrected chi connectivity index (χ2v) is 3.85. The summed E-state index contributed by atoms with van der Waals surface area (Å²) in [6.07, 6.45) is -4.73. The molecule has 3 unspecified atom stereocenters. The molecule has 120 valence electrons. The van der Waals surface area contributed by atoms with Crippen LogP contribution in [0.3, 0.4) is 0 Å². The molecule has 3 atom stereocenters. The van der Waals surface area contributed by atoms with E-state index in [1.165, 1.54) is 0 Å². The summed E-state index contributed by atoms with van der Waals surface area (Å²) in [6.45, 7) is 3.28. The zero-order valence-corrected chi connectivity index (χ0v) is 11.4. The largest absolute Gasteiger partial charge is 0.404 e. The van der Waals surface area contributed by atoms with E-state index < -0.39 is 35.9 Å². The highest BCUT2D eigenvalue weighted by Gasteiger charge is 2.21. The van der Waals surface area contributed by atoms with Gasteiger partial charge in [-0.3, -0.25) is 0 Å². The maximum Gasteiger partial charge on any atom is 0.404 e. The molecule has 0 spiro atoms. The average Bonchev–Trinajstić information content (AvgIpc) is 2.35. The molecule has 1 rings (SSSR count). The minimum atomic E-state index is -1.58. The molecule has 0 radical (unpaired) electrons. The van der Waals surface area contributed by atoms with Gasteiger partial charge in [-0.2, -0.15) is 0 Å². The molecule has 0 saturated heterocycles. The van der Waals surface area contributed by atoms with Crippen molar-refractivity contribution in [3.63, 3.8) is 0 Å². The van der Waals surface area contributed by atoms with Gasteiger partial charge in [0.25, 0.3) is 0 Å². The summed E-state index contributed by atoms with van der Waals surface area (Å²) in [5.41, 5.74) is -4.26. The van der Waals surface area contributed by atoms with Gasteiger partial charge in [0, 0.05) is 20.8 Å². The molecule has 1 aromatic heterocycles. The summed E-state index contributed by atoms with van der Waals surface area (Å²) in [7, 11) is 0. The van der Waals surface area contributed by atoms with Crippen LogP contribution in [0, 0.1) is 0 Å². The van der Waals surface area contributed by atoms with Gasteiger partial charge in [0.15, 0.2) is 0 Å². The van der Waals surface area contributed by atoms with Crippen LogP contribution in [0.15, 0.2) is 14.4 Å². The van der Waals surface area contributed by atoms with Crippen LogP contribution in [-0.2, 0) is 0 Å². The van der Waals surface area contributed by atoms with Gasteiger partial charge in [-0.1, -0.05) is 14.2 Å². The molecule has 0 aliphatic carbocycles. The third kappa shape index (κ3) is 3.84. The highest BCUT2D eigenvalue weighted by molar-refractivity contribution is 4.71. The molecule has 21 heavy (non-hydrogen) atoms. The second kappa shape index (κ2) is 6.43. The SMILES string of the molecule is CC(O)On1c(=O)n(OC(C)O)c(=O)n(OC(C)O)c1=O. The Hall–Kier alpha value is -2.31. The fourth-order valence-corrected chi connectivity index (χ4v) is 1.22. The lowest BCUT2D eigenvalue weighted by molar-refractivity contribution is -0.153. The van der Waals surface area contributed by atoms with E-state index in [1.54, 1.807) is 0 Å². The average molecular weight is 309 g/mol. The van der Waals surface area contributed by atoms with Gasteiger partial charge in [0.05, 0.1) is 0 Å². The number of rotatable bonds is 6. The van der Waals surface area contributed by atoms with Gasteiger partial charge in [0.2, 0.25) is 18.9 Å². The lowest BCUT2D eigenvalue weighted by Crippen LogP contribution is -2.61. The molecule has 0 aliphatic heterocycles. The van der Waals surface area contributed by atoms with E-state index in [1.807, 2.05) is 0 Å². The van der Waals surface area contributed by atoms with Crippen molar-refractivity contribution in [2.75, 3.05) is 0 Å². The molecule has 0 bridgehead atoms. The van der Waals surface area contributed by atoms with E-state index in [-0.39, 0.29) is 14.2 Å². The molecule has 0 aliphatic rings. The van der Waals surface area contributed by atoms with Crippen molar-refractivity contribution in [1.82, 2.24) is 14.2 Å². The highest BCUT2D eigenvalue weighted by Crippen LogP contribution is 1.79. The Morgan fingerprint density at radius 1 is 0.667 bits per heavy atom. The van der Waals surface area contributed by atoms with Crippen molar-refractivity contribution in [2.45, 2.75) is 39.6 Å². The van der Waals surface area contributed by atoms with E-state index in [0.29, 0.717) is 0 Å². The molecule has 1 aromatic rings. The van der Waals surface area contributed by atoms with E-state index >= 15 is 0 Å². The molecule has 1 heterocycles. The van der Waals surface area contributed by atoms with E-state index in [4.69, 9.17) is 15.3 Å². The third-order valence-corrected chi connectivity index (χ3v) is 1.82. The number of hydrogen-bond acceptors (Lipinski definition) is 9. The van der Waals surface area contributed by atoms with Crippen LogP contribution >= 0.6 is 0 Å². The minimum Gasteiger partial charge on any atom is -0.373 e. The van der Waals surface area contributed by atoms with Crippen LogP contribution in [0.4, 0.5) is 0 Å². The zero-order chi connectivity index (χ0) is 16.3. The first-order valence-electron chi connectivity index (χ1n) is 5.72. The predicted octanol–water partition coefficient (Wildman–Crippen LogP) is -4.53. The third-order valence-electron chi connectivity index (χ3n) is 1.82. The lowest BCUT2D eigenvalue weighted by Gasteiger charge is -2.16.